The van der Waals surface area contributed by atoms with E-state index in [1.807, 2.05) is 36.4 Å². The molecule has 0 saturated heterocycles. The van der Waals surface area contributed by atoms with Gasteiger partial charge >= 0.3 is 0 Å². The third-order valence-corrected chi connectivity index (χ3v) is 4.23. The van der Waals surface area contributed by atoms with Crippen molar-refractivity contribution in [2.45, 2.75) is 32.6 Å². The van der Waals surface area contributed by atoms with Crippen molar-refractivity contribution in [2.24, 2.45) is 15.9 Å². The molecule has 1 aliphatic rings. The third kappa shape index (κ3) is 3.20. The second-order valence-corrected chi connectivity index (χ2v) is 5.97. The average molecular weight is 294 g/mol. The zero-order valence-corrected chi connectivity index (χ0v) is 13.0. The molecule has 0 radical (unpaired) electrons. The van der Waals surface area contributed by atoms with Gasteiger partial charge in [-0.25, -0.2) is 9.59 Å². The van der Waals surface area contributed by atoms with Crippen molar-refractivity contribution in [3.8, 4) is 0 Å². The fraction of sp³-hybridized carbons (Fsp3) is 0.333. The average Bonchev–Trinajstić information content (AvgIpc) is 2.50. The fourth-order valence-electron chi connectivity index (χ4n) is 2.71. The first kappa shape index (κ1) is 15.8. The van der Waals surface area contributed by atoms with E-state index in [2.05, 4.69) is 30.8 Å². The van der Waals surface area contributed by atoms with Crippen LogP contribution in [-0.2, 0) is 15.0 Å². The van der Waals surface area contributed by atoms with Gasteiger partial charge in [-0.3, -0.25) is 0 Å². The Morgan fingerprint density at radius 2 is 1.68 bits per heavy atom. The standard InChI is InChI=1S/C18H18N2O2/c1-13-10-15(6-9-17(13)20-12-22)18(2,3)14-4-7-16(8-5-14)19-11-21/h4-9,13H,10H2,1-3H3. The molecule has 4 nitrogen and oxygen atoms in total. The summed E-state index contributed by atoms with van der Waals surface area (Å²) in [7, 11) is 0. The van der Waals surface area contributed by atoms with Gasteiger partial charge in [-0.15, -0.1) is 0 Å². The molecule has 1 atom stereocenters. The maximum atomic E-state index is 10.4. The fourth-order valence-corrected chi connectivity index (χ4v) is 2.71. The van der Waals surface area contributed by atoms with Crippen molar-refractivity contribution in [3.63, 3.8) is 0 Å². The molecule has 1 aromatic rings. The van der Waals surface area contributed by atoms with Crippen LogP contribution in [0.5, 0.6) is 0 Å². The summed E-state index contributed by atoms with van der Waals surface area (Å²) in [6, 6.07) is 7.58. The minimum Gasteiger partial charge on any atom is -0.211 e. The third-order valence-electron chi connectivity index (χ3n) is 4.23. The van der Waals surface area contributed by atoms with Crippen molar-refractivity contribution < 1.29 is 9.59 Å². The number of carbonyl (C=O) groups excluding carboxylic acids is 2. The topological polar surface area (TPSA) is 58.9 Å². The lowest BCUT2D eigenvalue weighted by Crippen LogP contribution is -2.23. The summed E-state index contributed by atoms with van der Waals surface area (Å²) in [5.41, 5.74) is 3.64. The Balaban J connectivity index is 2.34. The minimum atomic E-state index is -0.148. The Morgan fingerprint density at radius 1 is 1.05 bits per heavy atom. The van der Waals surface area contributed by atoms with Gasteiger partial charge in [0.1, 0.15) is 0 Å². The van der Waals surface area contributed by atoms with Gasteiger partial charge in [0.15, 0.2) is 0 Å². The molecule has 22 heavy (non-hydrogen) atoms. The van der Waals surface area contributed by atoms with E-state index in [0.717, 1.165) is 17.7 Å². The van der Waals surface area contributed by atoms with Crippen molar-refractivity contribution >= 4 is 17.8 Å². The number of rotatable bonds is 4. The second kappa shape index (κ2) is 6.48. The van der Waals surface area contributed by atoms with E-state index in [4.69, 9.17) is 0 Å². The van der Waals surface area contributed by atoms with Crippen LogP contribution < -0.4 is 0 Å². The van der Waals surface area contributed by atoms with Crippen molar-refractivity contribution in [3.05, 3.63) is 53.3 Å². The minimum absolute atomic E-state index is 0.148. The van der Waals surface area contributed by atoms with Crippen LogP contribution >= 0.6 is 0 Å². The zero-order chi connectivity index (χ0) is 16.2. The predicted molar refractivity (Wildman–Crippen MR) is 85.3 cm³/mol. The van der Waals surface area contributed by atoms with E-state index in [1.165, 1.54) is 5.57 Å². The number of isocyanates is 2. The van der Waals surface area contributed by atoms with Gasteiger partial charge in [-0.2, -0.15) is 9.98 Å². The molecule has 1 unspecified atom stereocenters. The molecule has 1 aromatic carbocycles. The highest BCUT2D eigenvalue weighted by molar-refractivity contribution is 5.51. The Bertz CT molecular complexity index is 714. The van der Waals surface area contributed by atoms with Crippen LogP contribution in [0, 0.1) is 5.92 Å². The number of allylic oxidation sites excluding steroid dienone is 4. The van der Waals surface area contributed by atoms with Crippen LogP contribution in [0.3, 0.4) is 0 Å². The van der Waals surface area contributed by atoms with Gasteiger partial charge in [0.25, 0.3) is 0 Å². The SMILES string of the molecule is CC1CC(C(C)(C)c2ccc(N=C=O)cc2)=CC=C1N=C=O. The summed E-state index contributed by atoms with van der Waals surface area (Å²) in [4.78, 5) is 28.0. The molecule has 0 bridgehead atoms. The molecule has 1 aliphatic carbocycles. The van der Waals surface area contributed by atoms with Gasteiger partial charge in [0.2, 0.25) is 12.2 Å². The lowest BCUT2D eigenvalue weighted by atomic mass is 9.72. The smallest absolute Gasteiger partial charge is 0.211 e. The van der Waals surface area contributed by atoms with Crippen molar-refractivity contribution in [2.75, 3.05) is 0 Å². The van der Waals surface area contributed by atoms with Crippen LogP contribution in [-0.4, -0.2) is 12.2 Å². The maximum absolute atomic E-state index is 10.4. The summed E-state index contributed by atoms with van der Waals surface area (Å²) in [6.07, 6.45) is 7.92. The molecule has 4 heteroatoms. The number of hydrogen-bond donors (Lipinski definition) is 0. The Morgan fingerprint density at radius 3 is 2.23 bits per heavy atom. The van der Waals surface area contributed by atoms with Crippen LogP contribution in [0.4, 0.5) is 5.69 Å². The van der Waals surface area contributed by atoms with E-state index in [9.17, 15) is 9.59 Å². The number of nitrogens with zero attached hydrogens (tertiary/aromatic N) is 2. The van der Waals surface area contributed by atoms with Crippen LogP contribution in [0.1, 0.15) is 32.8 Å². The molecule has 0 aromatic heterocycles. The molecule has 0 amide bonds. The van der Waals surface area contributed by atoms with Crippen LogP contribution in [0.25, 0.3) is 0 Å². The van der Waals surface area contributed by atoms with Crippen LogP contribution in [0.2, 0.25) is 0 Å². The number of benzene rings is 1. The summed E-state index contributed by atoms with van der Waals surface area (Å²) in [6.45, 7) is 6.37. The van der Waals surface area contributed by atoms with E-state index < -0.39 is 0 Å². The van der Waals surface area contributed by atoms with E-state index in [-0.39, 0.29) is 11.3 Å². The molecule has 0 aliphatic heterocycles. The van der Waals surface area contributed by atoms with Gasteiger partial charge in [0.05, 0.1) is 11.4 Å². The highest BCUT2D eigenvalue weighted by Crippen LogP contribution is 2.39. The molecule has 2 rings (SSSR count). The van der Waals surface area contributed by atoms with Gasteiger partial charge < -0.3 is 0 Å². The molecular formula is C18H18N2O2. The Kier molecular flexibility index (Phi) is 4.67. The predicted octanol–water partition coefficient (Wildman–Crippen LogP) is 4.12. The quantitative estimate of drug-likeness (QED) is 0.619. The maximum Gasteiger partial charge on any atom is 0.240 e. The van der Waals surface area contributed by atoms with E-state index >= 15 is 0 Å². The first-order chi connectivity index (χ1) is 10.5. The second-order valence-electron chi connectivity index (χ2n) is 5.97. The van der Waals surface area contributed by atoms with Crippen molar-refractivity contribution in [1.82, 2.24) is 0 Å². The normalized spacial score (nSPS) is 17.7. The summed E-state index contributed by atoms with van der Waals surface area (Å²) in [5.74, 6) is 0.194. The molecular weight excluding hydrogens is 276 g/mol. The first-order valence-corrected chi connectivity index (χ1v) is 7.16. The van der Waals surface area contributed by atoms with Gasteiger partial charge in [-0.05, 0) is 30.2 Å². The van der Waals surface area contributed by atoms with Gasteiger partial charge in [0, 0.05) is 11.3 Å². The lowest BCUT2D eigenvalue weighted by Gasteiger charge is -2.32. The lowest BCUT2D eigenvalue weighted by molar-refractivity contribution is 0.531. The Labute approximate surface area is 130 Å². The molecule has 0 fully saturated rings. The molecule has 0 N–H and O–H groups in total. The largest absolute Gasteiger partial charge is 0.240 e. The Hall–Kier alpha value is -2.54. The molecule has 0 heterocycles. The highest BCUT2D eigenvalue weighted by atomic mass is 16.1. The van der Waals surface area contributed by atoms with E-state index in [0.29, 0.717) is 5.69 Å². The summed E-state index contributed by atoms with van der Waals surface area (Å²) in [5, 5.41) is 0. The number of hydrogen-bond acceptors (Lipinski definition) is 4. The molecule has 0 spiro atoms. The van der Waals surface area contributed by atoms with E-state index in [1.54, 1.807) is 12.2 Å². The molecule has 0 saturated carbocycles. The zero-order valence-electron chi connectivity index (χ0n) is 13.0. The summed E-state index contributed by atoms with van der Waals surface area (Å²) < 4.78 is 0. The highest BCUT2D eigenvalue weighted by Gasteiger charge is 2.29. The first-order valence-electron chi connectivity index (χ1n) is 7.16. The monoisotopic (exact) mass is 294 g/mol. The number of aliphatic imine (C=N–C) groups is 2. The summed E-state index contributed by atoms with van der Waals surface area (Å²) >= 11 is 0. The van der Waals surface area contributed by atoms with Crippen LogP contribution in [0.15, 0.2) is 57.7 Å². The van der Waals surface area contributed by atoms with Gasteiger partial charge in [-0.1, -0.05) is 44.6 Å². The van der Waals surface area contributed by atoms with Crippen molar-refractivity contribution in [1.29, 1.82) is 0 Å². The molecule has 112 valence electrons.